The second-order valence-corrected chi connectivity index (χ2v) is 6.67. The fourth-order valence-electron chi connectivity index (χ4n) is 3.61. The Morgan fingerprint density at radius 1 is 1.35 bits per heavy atom. The third-order valence-electron chi connectivity index (χ3n) is 4.97. The van der Waals surface area contributed by atoms with E-state index in [-0.39, 0.29) is 24.0 Å². The van der Waals surface area contributed by atoms with Gasteiger partial charge >= 0.3 is 0 Å². The summed E-state index contributed by atoms with van der Waals surface area (Å²) in [6.45, 7) is 1.04. The van der Waals surface area contributed by atoms with Crippen LogP contribution in [0.4, 0.5) is 0 Å². The molecule has 0 radical (unpaired) electrons. The number of nitrogens with zero attached hydrogens (tertiary/aromatic N) is 1. The Morgan fingerprint density at radius 2 is 2.27 bits per heavy atom. The number of hydrogen-bond acceptors (Lipinski definition) is 5. The molecule has 1 amide bonds. The molecule has 6 heteroatoms. The van der Waals surface area contributed by atoms with Crippen LogP contribution in [-0.4, -0.2) is 37.3 Å². The summed E-state index contributed by atoms with van der Waals surface area (Å²) in [6.07, 6.45) is 4.72. The van der Waals surface area contributed by atoms with Gasteiger partial charge in [-0.05, 0) is 36.1 Å². The highest BCUT2D eigenvalue weighted by Gasteiger charge is 2.36. The number of methoxy groups -OCH3 is 1. The van der Waals surface area contributed by atoms with E-state index in [1.54, 1.807) is 19.5 Å². The molecule has 136 valence electrons. The topological polar surface area (TPSA) is 69.7 Å². The number of amides is 1. The van der Waals surface area contributed by atoms with Crippen LogP contribution >= 0.6 is 0 Å². The number of benzene rings is 1. The Morgan fingerprint density at radius 3 is 3.08 bits per heavy atom. The first-order valence-corrected chi connectivity index (χ1v) is 8.86. The summed E-state index contributed by atoms with van der Waals surface area (Å²) in [6, 6.07) is 9.57. The van der Waals surface area contributed by atoms with Crippen LogP contribution in [0.2, 0.25) is 0 Å². The second-order valence-electron chi connectivity index (χ2n) is 6.67. The maximum Gasteiger partial charge on any atom is 0.226 e. The molecule has 0 spiro atoms. The maximum absolute atomic E-state index is 12.8. The third-order valence-corrected chi connectivity index (χ3v) is 4.97. The number of rotatable bonds is 4. The van der Waals surface area contributed by atoms with E-state index in [0.717, 1.165) is 29.0 Å². The van der Waals surface area contributed by atoms with Crippen molar-refractivity contribution in [2.24, 2.45) is 5.92 Å². The fraction of sp³-hybridized carbons (Fsp3) is 0.400. The van der Waals surface area contributed by atoms with Crippen LogP contribution in [0.15, 0.2) is 42.7 Å². The maximum atomic E-state index is 12.8. The van der Waals surface area contributed by atoms with Crippen molar-refractivity contribution in [1.82, 2.24) is 10.3 Å². The Labute approximate surface area is 152 Å². The molecule has 1 fully saturated rings. The molecule has 0 aliphatic carbocycles. The quantitative estimate of drug-likeness (QED) is 0.912. The van der Waals surface area contributed by atoms with Crippen molar-refractivity contribution < 1.29 is 19.0 Å². The Hall–Kier alpha value is -2.60. The average molecular weight is 354 g/mol. The summed E-state index contributed by atoms with van der Waals surface area (Å²) in [4.78, 5) is 17.0. The first kappa shape index (κ1) is 16.8. The summed E-state index contributed by atoms with van der Waals surface area (Å²) in [5, 5.41) is 3.13. The Kier molecular flexibility index (Phi) is 4.75. The van der Waals surface area contributed by atoms with E-state index >= 15 is 0 Å². The summed E-state index contributed by atoms with van der Waals surface area (Å²) in [5.74, 6) is 1.42. The average Bonchev–Trinajstić information content (AvgIpc) is 3.18. The molecule has 6 nitrogen and oxygen atoms in total. The van der Waals surface area contributed by atoms with Gasteiger partial charge in [0.1, 0.15) is 18.1 Å². The minimum absolute atomic E-state index is 0.0157. The van der Waals surface area contributed by atoms with Crippen molar-refractivity contribution in [1.29, 1.82) is 0 Å². The molecule has 3 atom stereocenters. The lowest BCUT2D eigenvalue weighted by atomic mass is 9.94. The van der Waals surface area contributed by atoms with Crippen molar-refractivity contribution >= 4 is 5.91 Å². The van der Waals surface area contributed by atoms with E-state index < -0.39 is 0 Å². The van der Waals surface area contributed by atoms with Crippen LogP contribution in [-0.2, 0) is 16.0 Å². The summed E-state index contributed by atoms with van der Waals surface area (Å²) >= 11 is 0. The number of fused-ring (bicyclic) bond motifs is 1. The van der Waals surface area contributed by atoms with Crippen molar-refractivity contribution in [3.8, 4) is 11.5 Å². The molecule has 1 N–H and O–H groups in total. The number of nitrogens with one attached hydrogen (secondary N) is 1. The van der Waals surface area contributed by atoms with Crippen molar-refractivity contribution in [3.05, 3.63) is 53.9 Å². The van der Waals surface area contributed by atoms with Crippen LogP contribution < -0.4 is 14.8 Å². The number of aromatic nitrogens is 1. The second kappa shape index (κ2) is 7.33. The van der Waals surface area contributed by atoms with Gasteiger partial charge in [-0.2, -0.15) is 0 Å². The minimum Gasteiger partial charge on any atom is -0.497 e. The molecule has 1 aromatic heterocycles. The predicted octanol–water partition coefficient (Wildman–Crippen LogP) is 2.29. The lowest BCUT2D eigenvalue weighted by Crippen LogP contribution is -2.45. The van der Waals surface area contributed by atoms with Crippen LogP contribution in [0.1, 0.15) is 23.7 Å². The van der Waals surface area contributed by atoms with E-state index in [1.165, 1.54) is 0 Å². The predicted molar refractivity (Wildman–Crippen MR) is 95.2 cm³/mol. The highest BCUT2D eigenvalue weighted by Crippen LogP contribution is 2.35. The first-order chi connectivity index (χ1) is 12.7. The third kappa shape index (κ3) is 3.37. The molecule has 26 heavy (non-hydrogen) atoms. The Bertz CT molecular complexity index is 781. The SMILES string of the molecule is COc1ccc2c(c1)OCC(NC(=O)[C@H]1CCO[C@@H]1c1cccnc1)C2. The Balaban J connectivity index is 1.42. The highest BCUT2D eigenvalue weighted by molar-refractivity contribution is 5.80. The van der Waals surface area contributed by atoms with Gasteiger partial charge in [-0.15, -0.1) is 0 Å². The molecule has 1 saturated heterocycles. The minimum atomic E-state index is -0.232. The van der Waals surface area contributed by atoms with Crippen molar-refractivity contribution in [2.45, 2.75) is 25.0 Å². The van der Waals surface area contributed by atoms with Gasteiger partial charge in [-0.25, -0.2) is 0 Å². The highest BCUT2D eigenvalue weighted by atomic mass is 16.5. The van der Waals surface area contributed by atoms with E-state index in [1.807, 2.05) is 30.3 Å². The summed E-state index contributed by atoms with van der Waals surface area (Å²) < 4.78 is 16.8. The zero-order valence-corrected chi connectivity index (χ0v) is 14.7. The number of hydrogen-bond donors (Lipinski definition) is 1. The van der Waals surface area contributed by atoms with E-state index in [4.69, 9.17) is 14.2 Å². The van der Waals surface area contributed by atoms with E-state index in [2.05, 4.69) is 10.3 Å². The van der Waals surface area contributed by atoms with Crippen LogP contribution in [0.5, 0.6) is 11.5 Å². The monoisotopic (exact) mass is 354 g/mol. The summed E-state index contributed by atoms with van der Waals surface area (Å²) in [5.41, 5.74) is 2.02. The first-order valence-electron chi connectivity index (χ1n) is 8.86. The standard InChI is InChI=1S/C20H22N2O4/c1-24-16-5-4-13-9-15(12-26-18(13)10-16)22-20(23)17-6-8-25-19(17)14-3-2-7-21-11-14/h2-5,7,10-11,15,17,19H,6,8-9,12H2,1H3,(H,22,23)/t15?,17-,19+/m0/s1. The van der Waals surface area contributed by atoms with Gasteiger partial charge in [0.05, 0.1) is 25.2 Å². The molecule has 1 unspecified atom stereocenters. The van der Waals surface area contributed by atoms with Crippen LogP contribution in [0.3, 0.4) is 0 Å². The van der Waals surface area contributed by atoms with Gasteiger partial charge in [0.2, 0.25) is 5.91 Å². The largest absolute Gasteiger partial charge is 0.497 e. The lowest BCUT2D eigenvalue weighted by molar-refractivity contribution is -0.127. The molecule has 1 aromatic carbocycles. The van der Waals surface area contributed by atoms with Crippen LogP contribution in [0, 0.1) is 5.92 Å². The molecule has 0 bridgehead atoms. The van der Waals surface area contributed by atoms with Gasteiger partial charge in [-0.3, -0.25) is 9.78 Å². The van der Waals surface area contributed by atoms with E-state index in [9.17, 15) is 4.79 Å². The molecule has 0 saturated carbocycles. The number of ether oxygens (including phenoxy) is 3. The van der Waals surface area contributed by atoms with Gasteiger partial charge < -0.3 is 19.5 Å². The molecular formula is C20H22N2O4. The zero-order chi connectivity index (χ0) is 17.9. The van der Waals surface area contributed by atoms with Crippen LogP contribution in [0.25, 0.3) is 0 Å². The molecule has 3 heterocycles. The normalized spacial score (nSPS) is 24.4. The summed E-state index contributed by atoms with van der Waals surface area (Å²) in [7, 11) is 1.63. The van der Waals surface area contributed by atoms with Gasteiger partial charge in [-0.1, -0.05) is 12.1 Å². The number of carbonyl (C=O) groups excluding carboxylic acids is 1. The van der Waals surface area contributed by atoms with Gasteiger partial charge in [0, 0.05) is 25.1 Å². The molecule has 2 aliphatic heterocycles. The van der Waals surface area contributed by atoms with E-state index in [0.29, 0.717) is 19.6 Å². The molecule has 2 aliphatic rings. The number of carbonyl (C=O) groups is 1. The van der Waals surface area contributed by atoms with Gasteiger partial charge in [0.25, 0.3) is 0 Å². The molecular weight excluding hydrogens is 332 g/mol. The fourth-order valence-corrected chi connectivity index (χ4v) is 3.61. The molecule has 2 aromatic rings. The van der Waals surface area contributed by atoms with Crippen molar-refractivity contribution in [3.63, 3.8) is 0 Å². The zero-order valence-electron chi connectivity index (χ0n) is 14.7. The van der Waals surface area contributed by atoms with Crippen molar-refractivity contribution in [2.75, 3.05) is 20.3 Å². The smallest absolute Gasteiger partial charge is 0.226 e. The lowest BCUT2D eigenvalue weighted by Gasteiger charge is -2.28. The molecule has 4 rings (SSSR count). The van der Waals surface area contributed by atoms with Gasteiger partial charge in [0.15, 0.2) is 0 Å². The number of pyridine rings is 1.